The van der Waals surface area contributed by atoms with Gasteiger partial charge in [-0.15, -0.1) is 0 Å². The highest BCUT2D eigenvalue weighted by atomic mass is 16.5. The number of carbonyl (C=O) groups is 1. The van der Waals surface area contributed by atoms with E-state index >= 15 is 0 Å². The molecule has 1 amide bonds. The minimum absolute atomic E-state index is 0.0605. The van der Waals surface area contributed by atoms with Crippen molar-refractivity contribution in [1.29, 1.82) is 0 Å². The number of likely N-dealkylation sites (tertiary alicyclic amines) is 1. The van der Waals surface area contributed by atoms with Crippen LogP contribution >= 0.6 is 0 Å². The molecule has 0 bridgehead atoms. The Bertz CT molecular complexity index is 612. The molecule has 21 heavy (non-hydrogen) atoms. The van der Waals surface area contributed by atoms with E-state index in [0.29, 0.717) is 31.2 Å². The zero-order chi connectivity index (χ0) is 14.7. The summed E-state index contributed by atoms with van der Waals surface area (Å²) < 4.78 is 11.0. The molecule has 110 valence electrons. The van der Waals surface area contributed by atoms with Crippen LogP contribution in [0.3, 0.4) is 0 Å². The van der Waals surface area contributed by atoms with Crippen LogP contribution in [-0.4, -0.2) is 40.0 Å². The van der Waals surface area contributed by atoms with Gasteiger partial charge < -0.3 is 14.1 Å². The first-order chi connectivity index (χ1) is 10.2. The van der Waals surface area contributed by atoms with Gasteiger partial charge in [0.25, 0.3) is 5.91 Å². The average Bonchev–Trinajstić information content (AvgIpc) is 3.14. The molecule has 0 saturated carbocycles. The van der Waals surface area contributed by atoms with Gasteiger partial charge in [-0.05, 0) is 31.0 Å². The van der Waals surface area contributed by atoms with Crippen molar-refractivity contribution in [1.82, 2.24) is 14.9 Å². The number of oxazole rings is 1. The molecular formula is C15H17N3O3. The molecule has 1 unspecified atom stereocenters. The van der Waals surface area contributed by atoms with Crippen LogP contribution < -0.4 is 0 Å². The van der Waals surface area contributed by atoms with Crippen LogP contribution in [0.2, 0.25) is 0 Å². The minimum Gasteiger partial charge on any atom is -0.438 e. The lowest BCUT2D eigenvalue weighted by atomic mass is 10.3. The van der Waals surface area contributed by atoms with Gasteiger partial charge in [0.05, 0.1) is 18.4 Å². The first kappa shape index (κ1) is 13.8. The van der Waals surface area contributed by atoms with Gasteiger partial charge in [-0.3, -0.25) is 9.78 Å². The van der Waals surface area contributed by atoms with Crippen LogP contribution in [-0.2, 0) is 11.3 Å². The molecule has 2 aromatic heterocycles. The summed E-state index contributed by atoms with van der Waals surface area (Å²) in [4.78, 5) is 22.0. The maximum atomic E-state index is 12.3. The summed E-state index contributed by atoms with van der Waals surface area (Å²) >= 11 is 0. The van der Waals surface area contributed by atoms with E-state index in [1.165, 1.54) is 6.39 Å². The molecule has 3 heterocycles. The Morgan fingerprint density at radius 3 is 3.00 bits per heavy atom. The van der Waals surface area contributed by atoms with Crippen LogP contribution in [0.25, 0.3) is 0 Å². The fourth-order valence-corrected chi connectivity index (χ4v) is 2.39. The summed E-state index contributed by atoms with van der Waals surface area (Å²) in [6.45, 7) is 3.57. The van der Waals surface area contributed by atoms with Gasteiger partial charge in [0, 0.05) is 25.5 Å². The van der Waals surface area contributed by atoms with E-state index in [-0.39, 0.29) is 12.0 Å². The molecule has 1 aliphatic rings. The Kier molecular flexibility index (Phi) is 3.96. The molecule has 0 spiro atoms. The Labute approximate surface area is 122 Å². The number of pyridine rings is 1. The van der Waals surface area contributed by atoms with Gasteiger partial charge in [-0.25, -0.2) is 4.98 Å². The third-order valence-corrected chi connectivity index (χ3v) is 3.61. The Morgan fingerprint density at radius 1 is 1.48 bits per heavy atom. The lowest BCUT2D eigenvalue weighted by Crippen LogP contribution is -2.30. The predicted molar refractivity (Wildman–Crippen MR) is 74.6 cm³/mol. The zero-order valence-corrected chi connectivity index (χ0v) is 11.9. The summed E-state index contributed by atoms with van der Waals surface area (Å²) in [6.07, 6.45) is 5.69. The number of aromatic nitrogens is 2. The number of rotatable bonds is 4. The standard InChI is InChI=1S/C15H17N3O3/c1-11-14(21-10-17-11)15(19)18-7-4-13(8-18)20-9-12-2-5-16-6-3-12/h2-3,5-6,10,13H,4,7-9H2,1H3. The SMILES string of the molecule is Cc1ncoc1C(=O)N1CCC(OCc2ccncc2)C1. The van der Waals surface area contributed by atoms with E-state index in [1.807, 2.05) is 12.1 Å². The monoisotopic (exact) mass is 287 g/mol. The number of hydrogen-bond acceptors (Lipinski definition) is 5. The Morgan fingerprint density at radius 2 is 2.29 bits per heavy atom. The van der Waals surface area contributed by atoms with Crippen LogP contribution in [0.15, 0.2) is 35.3 Å². The largest absolute Gasteiger partial charge is 0.438 e. The van der Waals surface area contributed by atoms with E-state index in [0.717, 1.165) is 12.0 Å². The second-order valence-corrected chi connectivity index (χ2v) is 5.10. The molecule has 0 aliphatic carbocycles. The molecule has 3 rings (SSSR count). The van der Waals surface area contributed by atoms with Crippen molar-refractivity contribution in [2.75, 3.05) is 13.1 Å². The van der Waals surface area contributed by atoms with Crippen molar-refractivity contribution in [3.05, 3.63) is 47.9 Å². The molecule has 0 radical (unpaired) electrons. The minimum atomic E-state index is -0.111. The molecule has 2 aromatic rings. The molecule has 1 saturated heterocycles. The van der Waals surface area contributed by atoms with Crippen LogP contribution in [0.1, 0.15) is 28.2 Å². The van der Waals surface area contributed by atoms with E-state index in [2.05, 4.69) is 9.97 Å². The lowest BCUT2D eigenvalue weighted by molar-refractivity contribution is 0.0430. The van der Waals surface area contributed by atoms with Gasteiger partial charge in [-0.2, -0.15) is 0 Å². The predicted octanol–water partition coefficient (Wildman–Crippen LogP) is 1.81. The van der Waals surface area contributed by atoms with Crippen molar-refractivity contribution >= 4 is 5.91 Å². The third-order valence-electron chi connectivity index (χ3n) is 3.61. The van der Waals surface area contributed by atoms with Gasteiger partial charge in [0.2, 0.25) is 5.76 Å². The van der Waals surface area contributed by atoms with Crippen molar-refractivity contribution in [2.45, 2.75) is 26.1 Å². The van der Waals surface area contributed by atoms with Crippen molar-refractivity contribution < 1.29 is 13.9 Å². The molecule has 0 aromatic carbocycles. The van der Waals surface area contributed by atoms with Crippen LogP contribution in [0.5, 0.6) is 0 Å². The number of nitrogens with zero attached hydrogens (tertiary/aromatic N) is 3. The highest BCUT2D eigenvalue weighted by molar-refractivity contribution is 5.92. The Hall–Kier alpha value is -2.21. The normalized spacial score (nSPS) is 18.1. The molecule has 6 nitrogen and oxygen atoms in total. The van der Waals surface area contributed by atoms with Gasteiger partial charge in [-0.1, -0.05) is 0 Å². The second-order valence-electron chi connectivity index (χ2n) is 5.10. The molecule has 1 aliphatic heterocycles. The van der Waals surface area contributed by atoms with Crippen LogP contribution in [0.4, 0.5) is 0 Å². The van der Waals surface area contributed by atoms with Crippen LogP contribution in [0, 0.1) is 6.92 Å². The first-order valence-electron chi connectivity index (χ1n) is 6.94. The van der Waals surface area contributed by atoms with E-state index in [9.17, 15) is 4.79 Å². The maximum Gasteiger partial charge on any atom is 0.291 e. The number of aryl methyl sites for hydroxylation is 1. The molecule has 6 heteroatoms. The van der Waals surface area contributed by atoms with Crippen molar-refractivity contribution in [3.8, 4) is 0 Å². The van der Waals surface area contributed by atoms with Crippen molar-refractivity contribution in [3.63, 3.8) is 0 Å². The highest BCUT2D eigenvalue weighted by Gasteiger charge is 2.30. The van der Waals surface area contributed by atoms with Gasteiger partial charge >= 0.3 is 0 Å². The highest BCUT2D eigenvalue weighted by Crippen LogP contribution is 2.18. The first-order valence-corrected chi connectivity index (χ1v) is 6.94. The van der Waals surface area contributed by atoms with E-state index < -0.39 is 0 Å². The molecule has 1 fully saturated rings. The summed E-state index contributed by atoms with van der Waals surface area (Å²) in [7, 11) is 0. The fraction of sp³-hybridized carbons (Fsp3) is 0.400. The fourth-order valence-electron chi connectivity index (χ4n) is 2.39. The lowest BCUT2D eigenvalue weighted by Gasteiger charge is -2.15. The number of ether oxygens (including phenoxy) is 1. The summed E-state index contributed by atoms with van der Waals surface area (Å²) in [5, 5.41) is 0. The molecular weight excluding hydrogens is 270 g/mol. The molecule has 1 atom stereocenters. The maximum absolute atomic E-state index is 12.3. The Balaban J connectivity index is 1.54. The van der Waals surface area contributed by atoms with E-state index in [1.54, 1.807) is 24.2 Å². The number of amides is 1. The summed E-state index contributed by atoms with van der Waals surface area (Å²) in [6, 6.07) is 3.85. The summed E-state index contributed by atoms with van der Waals surface area (Å²) in [5.74, 6) is 0.213. The topological polar surface area (TPSA) is 68.5 Å². The quantitative estimate of drug-likeness (QED) is 0.857. The zero-order valence-electron chi connectivity index (χ0n) is 11.9. The van der Waals surface area contributed by atoms with Gasteiger partial charge in [0.1, 0.15) is 0 Å². The molecule has 0 N–H and O–H groups in total. The summed E-state index contributed by atoms with van der Waals surface area (Å²) in [5.41, 5.74) is 1.71. The average molecular weight is 287 g/mol. The third kappa shape index (κ3) is 3.11. The van der Waals surface area contributed by atoms with Gasteiger partial charge in [0.15, 0.2) is 6.39 Å². The number of carbonyl (C=O) groups excluding carboxylic acids is 1. The smallest absolute Gasteiger partial charge is 0.291 e. The second kappa shape index (κ2) is 6.05. The van der Waals surface area contributed by atoms with Crippen molar-refractivity contribution in [2.24, 2.45) is 0 Å². The number of hydrogen-bond donors (Lipinski definition) is 0. The van der Waals surface area contributed by atoms with E-state index in [4.69, 9.17) is 9.15 Å².